The van der Waals surface area contributed by atoms with Crippen molar-refractivity contribution >= 4 is 34.2 Å². The first kappa shape index (κ1) is 7.83. The minimum atomic E-state index is 0.922. The number of hydrogen-bond donors (Lipinski definition) is 1. The molecular formula is C8H7ClIN. The molecule has 1 aromatic rings. The van der Waals surface area contributed by atoms with E-state index in [-0.39, 0.29) is 0 Å². The Bertz CT molecular complexity index is 298. The lowest BCUT2D eigenvalue weighted by atomic mass is 10.1. The van der Waals surface area contributed by atoms with Crippen LogP contribution in [0.2, 0.25) is 5.02 Å². The van der Waals surface area contributed by atoms with E-state index in [4.69, 9.17) is 11.6 Å². The molecule has 0 fully saturated rings. The molecule has 0 saturated carbocycles. The van der Waals surface area contributed by atoms with Crippen LogP contribution in [0.1, 0.15) is 11.1 Å². The van der Waals surface area contributed by atoms with Crippen molar-refractivity contribution in [3.05, 3.63) is 31.9 Å². The van der Waals surface area contributed by atoms with Crippen LogP contribution in [0.3, 0.4) is 0 Å². The van der Waals surface area contributed by atoms with Gasteiger partial charge >= 0.3 is 0 Å². The Balaban J connectivity index is 2.62. The molecule has 0 radical (unpaired) electrons. The van der Waals surface area contributed by atoms with Crippen LogP contribution in [-0.2, 0) is 13.1 Å². The fourth-order valence-corrected chi connectivity index (χ4v) is 2.07. The van der Waals surface area contributed by atoms with E-state index in [2.05, 4.69) is 40.0 Å². The normalized spacial score (nSPS) is 15.1. The van der Waals surface area contributed by atoms with Crippen molar-refractivity contribution in [3.63, 3.8) is 0 Å². The summed E-state index contributed by atoms with van der Waals surface area (Å²) in [7, 11) is 0. The Kier molecular flexibility index (Phi) is 2.08. The SMILES string of the molecule is Clc1c(I)ccc2c1CNC2. The van der Waals surface area contributed by atoms with Crippen LogP contribution in [0, 0.1) is 3.57 Å². The lowest BCUT2D eigenvalue weighted by Crippen LogP contribution is -2.00. The van der Waals surface area contributed by atoms with Gasteiger partial charge in [-0.2, -0.15) is 0 Å². The second-order valence-corrected chi connectivity index (χ2v) is 4.14. The van der Waals surface area contributed by atoms with E-state index in [0.29, 0.717) is 0 Å². The summed E-state index contributed by atoms with van der Waals surface area (Å²) in [5.74, 6) is 0. The summed E-state index contributed by atoms with van der Waals surface area (Å²) in [6.45, 7) is 1.89. The van der Waals surface area contributed by atoms with E-state index in [1.54, 1.807) is 0 Å². The molecule has 0 unspecified atom stereocenters. The highest BCUT2D eigenvalue weighted by atomic mass is 127. The first-order chi connectivity index (χ1) is 5.29. The van der Waals surface area contributed by atoms with Crippen molar-refractivity contribution < 1.29 is 0 Å². The molecule has 2 rings (SSSR count). The van der Waals surface area contributed by atoms with Crippen LogP contribution in [0.4, 0.5) is 0 Å². The molecule has 1 aliphatic rings. The zero-order valence-corrected chi connectivity index (χ0v) is 8.74. The molecule has 0 atom stereocenters. The average molecular weight is 280 g/mol. The van der Waals surface area contributed by atoms with Crippen molar-refractivity contribution in [1.29, 1.82) is 0 Å². The van der Waals surface area contributed by atoms with Gasteiger partial charge in [-0.05, 0) is 39.8 Å². The number of benzene rings is 1. The van der Waals surface area contributed by atoms with Crippen LogP contribution in [0.5, 0.6) is 0 Å². The zero-order valence-electron chi connectivity index (χ0n) is 5.82. The second-order valence-electron chi connectivity index (χ2n) is 2.60. The Labute approximate surface area is 84.3 Å². The van der Waals surface area contributed by atoms with Crippen molar-refractivity contribution in [2.75, 3.05) is 0 Å². The molecule has 0 amide bonds. The van der Waals surface area contributed by atoms with Gasteiger partial charge in [-0.3, -0.25) is 0 Å². The van der Waals surface area contributed by atoms with E-state index in [1.165, 1.54) is 11.1 Å². The van der Waals surface area contributed by atoms with Gasteiger partial charge < -0.3 is 5.32 Å². The first-order valence-electron chi connectivity index (χ1n) is 3.45. The monoisotopic (exact) mass is 279 g/mol. The van der Waals surface area contributed by atoms with Gasteiger partial charge in [0.25, 0.3) is 0 Å². The maximum absolute atomic E-state index is 6.09. The Hall–Kier alpha value is 0.200. The fraction of sp³-hybridized carbons (Fsp3) is 0.250. The predicted octanol–water partition coefficient (Wildman–Crippen LogP) is 2.55. The summed E-state index contributed by atoms with van der Waals surface area (Å²) in [6.07, 6.45) is 0. The number of nitrogens with one attached hydrogen (secondary N) is 1. The van der Waals surface area contributed by atoms with Crippen LogP contribution in [0.25, 0.3) is 0 Å². The topological polar surface area (TPSA) is 12.0 Å². The second kappa shape index (κ2) is 2.92. The highest BCUT2D eigenvalue weighted by Crippen LogP contribution is 2.28. The van der Waals surface area contributed by atoms with Gasteiger partial charge in [0, 0.05) is 16.7 Å². The minimum absolute atomic E-state index is 0.922. The molecule has 1 aliphatic heterocycles. The van der Waals surface area contributed by atoms with E-state index < -0.39 is 0 Å². The highest BCUT2D eigenvalue weighted by molar-refractivity contribution is 14.1. The fourth-order valence-electron chi connectivity index (χ4n) is 1.31. The summed E-state index contributed by atoms with van der Waals surface area (Å²) in [6, 6.07) is 4.21. The molecular weight excluding hydrogens is 272 g/mol. The summed E-state index contributed by atoms with van der Waals surface area (Å²) in [4.78, 5) is 0. The van der Waals surface area contributed by atoms with Gasteiger partial charge in [-0.25, -0.2) is 0 Å². The summed E-state index contributed by atoms with van der Waals surface area (Å²) in [5.41, 5.74) is 2.62. The van der Waals surface area contributed by atoms with E-state index in [1.807, 2.05) is 0 Å². The molecule has 11 heavy (non-hydrogen) atoms. The number of halogens is 2. The molecule has 1 N–H and O–H groups in total. The quantitative estimate of drug-likeness (QED) is 0.720. The molecule has 0 bridgehead atoms. The van der Waals surface area contributed by atoms with Gasteiger partial charge in [0.1, 0.15) is 0 Å². The third-order valence-electron chi connectivity index (χ3n) is 1.91. The molecule has 0 saturated heterocycles. The van der Waals surface area contributed by atoms with Crippen molar-refractivity contribution in [2.24, 2.45) is 0 Å². The molecule has 3 heteroatoms. The highest BCUT2D eigenvalue weighted by Gasteiger charge is 2.14. The molecule has 0 aromatic heterocycles. The van der Waals surface area contributed by atoms with Crippen LogP contribution in [0.15, 0.2) is 12.1 Å². The maximum Gasteiger partial charge on any atom is 0.0587 e. The van der Waals surface area contributed by atoms with Crippen LogP contribution >= 0.6 is 34.2 Å². The summed E-state index contributed by atoms with van der Waals surface area (Å²) < 4.78 is 1.15. The van der Waals surface area contributed by atoms with Crippen molar-refractivity contribution in [2.45, 2.75) is 13.1 Å². The zero-order chi connectivity index (χ0) is 7.84. The number of hydrogen-bond acceptors (Lipinski definition) is 1. The van der Waals surface area contributed by atoms with Gasteiger partial charge in [-0.1, -0.05) is 17.7 Å². The Morgan fingerprint density at radius 3 is 3.00 bits per heavy atom. The molecule has 1 aromatic carbocycles. The molecule has 0 spiro atoms. The smallest absolute Gasteiger partial charge is 0.0587 e. The summed E-state index contributed by atoms with van der Waals surface area (Å²) >= 11 is 8.35. The predicted molar refractivity (Wildman–Crippen MR) is 54.7 cm³/mol. The van der Waals surface area contributed by atoms with Gasteiger partial charge in [0.15, 0.2) is 0 Å². The first-order valence-corrected chi connectivity index (χ1v) is 4.91. The Morgan fingerprint density at radius 2 is 2.18 bits per heavy atom. The lowest BCUT2D eigenvalue weighted by molar-refractivity contribution is 0.765. The van der Waals surface area contributed by atoms with Gasteiger partial charge in [0.05, 0.1) is 5.02 Å². The van der Waals surface area contributed by atoms with Gasteiger partial charge in [-0.15, -0.1) is 0 Å². The Morgan fingerprint density at radius 1 is 1.36 bits per heavy atom. The summed E-state index contributed by atoms with van der Waals surface area (Å²) in [5, 5.41) is 4.19. The van der Waals surface area contributed by atoms with Crippen LogP contribution < -0.4 is 5.32 Å². The van der Waals surface area contributed by atoms with Crippen molar-refractivity contribution in [3.8, 4) is 0 Å². The van der Waals surface area contributed by atoms with Crippen LogP contribution in [-0.4, -0.2) is 0 Å². The van der Waals surface area contributed by atoms with Gasteiger partial charge in [0.2, 0.25) is 0 Å². The number of rotatable bonds is 0. The lowest BCUT2D eigenvalue weighted by Gasteiger charge is -2.01. The molecule has 58 valence electrons. The van der Waals surface area contributed by atoms with Crippen molar-refractivity contribution in [1.82, 2.24) is 5.32 Å². The minimum Gasteiger partial charge on any atom is -0.309 e. The third-order valence-corrected chi connectivity index (χ3v) is 3.56. The van der Waals surface area contributed by atoms with E-state index in [9.17, 15) is 0 Å². The third kappa shape index (κ3) is 1.27. The maximum atomic E-state index is 6.09. The number of fused-ring (bicyclic) bond motifs is 1. The molecule has 1 nitrogen and oxygen atoms in total. The molecule has 1 heterocycles. The largest absolute Gasteiger partial charge is 0.309 e. The van der Waals surface area contributed by atoms with E-state index >= 15 is 0 Å². The van der Waals surface area contributed by atoms with E-state index in [0.717, 1.165) is 21.7 Å². The average Bonchev–Trinajstić information content (AvgIpc) is 2.45. The standard InChI is InChI=1S/C8H7ClIN/c9-8-6-4-11-3-5(6)1-2-7(8)10/h1-2,11H,3-4H2. The molecule has 0 aliphatic carbocycles.